The van der Waals surface area contributed by atoms with Gasteiger partial charge in [0.15, 0.2) is 0 Å². The molecule has 0 radical (unpaired) electrons. The van der Waals surface area contributed by atoms with Gasteiger partial charge < -0.3 is 14.8 Å². The molecule has 144 valence electrons. The average Bonchev–Trinajstić information content (AvgIpc) is 2.62. The summed E-state index contributed by atoms with van der Waals surface area (Å²) in [7, 11) is 0. The van der Waals surface area contributed by atoms with E-state index in [4.69, 9.17) is 21.1 Å². The van der Waals surface area contributed by atoms with Gasteiger partial charge in [-0.25, -0.2) is 8.78 Å². The zero-order valence-electron chi connectivity index (χ0n) is 14.6. The van der Waals surface area contributed by atoms with E-state index in [1.54, 1.807) is 12.1 Å². The number of carbonyl (C=O) groups is 1. The Balaban J connectivity index is 1.53. The zero-order chi connectivity index (χ0) is 18.6. The summed E-state index contributed by atoms with van der Waals surface area (Å²) < 4.78 is 38.1. The quantitative estimate of drug-likeness (QED) is 0.826. The lowest BCUT2D eigenvalue weighted by Crippen LogP contribution is -2.42. The lowest BCUT2D eigenvalue weighted by molar-refractivity contribution is -0.134. The smallest absolute Gasteiger partial charge is 0.262 e. The SMILES string of the molecule is O=C(CC1CCC2(CCOCC2)CO1)NC(c1cccc(Cl)c1)C(F)F. The molecule has 2 saturated heterocycles. The van der Waals surface area contributed by atoms with Crippen LogP contribution in [0, 0.1) is 5.41 Å². The molecule has 2 aliphatic heterocycles. The molecule has 0 bridgehead atoms. The molecule has 3 rings (SSSR count). The number of rotatable bonds is 5. The van der Waals surface area contributed by atoms with Crippen molar-refractivity contribution in [3.63, 3.8) is 0 Å². The Morgan fingerprint density at radius 1 is 1.31 bits per heavy atom. The molecule has 2 fully saturated rings. The molecular weight excluding hydrogens is 364 g/mol. The molecule has 1 aromatic carbocycles. The molecular formula is C19H24ClF2NO3. The number of hydrogen-bond donors (Lipinski definition) is 1. The van der Waals surface area contributed by atoms with Crippen LogP contribution in [0.25, 0.3) is 0 Å². The number of benzene rings is 1. The van der Waals surface area contributed by atoms with Crippen molar-refractivity contribution < 1.29 is 23.0 Å². The van der Waals surface area contributed by atoms with Gasteiger partial charge in [0.25, 0.3) is 6.43 Å². The van der Waals surface area contributed by atoms with Gasteiger partial charge in [0.1, 0.15) is 6.04 Å². The fraction of sp³-hybridized carbons (Fsp3) is 0.632. The first-order chi connectivity index (χ1) is 12.5. The standard InChI is InChI=1S/C19H24ClF2NO3/c20-14-3-1-2-13(10-14)17(18(21)22)23-16(24)11-15-4-5-19(12-26-15)6-8-25-9-7-19/h1-3,10,15,17-18H,4-9,11-12H2,(H,23,24). The number of hydrogen-bond acceptors (Lipinski definition) is 3. The maximum Gasteiger partial charge on any atom is 0.262 e. The Bertz CT molecular complexity index is 613. The summed E-state index contributed by atoms with van der Waals surface area (Å²) in [5.41, 5.74) is 0.462. The van der Waals surface area contributed by atoms with Crippen LogP contribution < -0.4 is 5.32 Å². The lowest BCUT2D eigenvalue weighted by Gasteiger charge is -2.42. The fourth-order valence-corrected chi connectivity index (χ4v) is 3.91. The van der Waals surface area contributed by atoms with Gasteiger partial charge in [-0.15, -0.1) is 0 Å². The minimum absolute atomic E-state index is 0.0936. The van der Waals surface area contributed by atoms with Crippen molar-refractivity contribution in [1.29, 1.82) is 0 Å². The van der Waals surface area contributed by atoms with E-state index in [1.165, 1.54) is 12.1 Å². The molecule has 26 heavy (non-hydrogen) atoms. The van der Waals surface area contributed by atoms with Gasteiger partial charge >= 0.3 is 0 Å². The molecule has 2 unspecified atom stereocenters. The van der Waals surface area contributed by atoms with Crippen LogP contribution in [0.2, 0.25) is 5.02 Å². The minimum atomic E-state index is -2.71. The third kappa shape index (κ3) is 4.93. The summed E-state index contributed by atoms with van der Waals surface area (Å²) >= 11 is 5.87. The van der Waals surface area contributed by atoms with Crippen molar-refractivity contribution in [3.05, 3.63) is 34.9 Å². The highest BCUT2D eigenvalue weighted by atomic mass is 35.5. The van der Waals surface area contributed by atoms with Crippen LogP contribution in [0.15, 0.2) is 24.3 Å². The molecule has 2 heterocycles. The molecule has 7 heteroatoms. The molecule has 2 aliphatic rings. The first-order valence-electron chi connectivity index (χ1n) is 9.00. The van der Waals surface area contributed by atoms with Crippen LogP contribution in [0.3, 0.4) is 0 Å². The maximum atomic E-state index is 13.4. The zero-order valence-corrected chi connectivity index (χ0v) is 15.3. The molecule has 1 spiro atoms. The number of nitrogens with one attached hydrogen (secondary N) is 1. The fourth-order valence-electron chi connectivity index (χ4n) is 3.71. The molecule has 0 aromatic heterocycles. The van der Waals surface area contributed by atoms with Gasteiger partial charge in [0.2, 0.25) is 5.91 Å². The molecule has 2 atom stereocenters. The number of alkyl halides is 2. The first kappa shape index (κ1) is 19.5. The Hall–Kier alpha value is -1.24. The Morgan fingerprint density at radius 2 is 2.08 bits per heavy atom. The number of halogens is 3. The Kier molecular flexibility index (Phi) is 6.48. The van der Waals surface area contributed by atoms with Crippen molar-refractivity contribution in [2.75, 3.05) is 19.8 Å². The summed E-state index contributed by atoms with van der Waals surface area (Å²) in [5, 5.41) is 2.79. The molecule has 1 N–H and O–H groups in total. The third-order valence-corrected chi connectivity index (χ3v) is 5.60. The number of carbonyl (C=O) groups excluding carboxylic acids is 1. The van der Waals surface area contributed by atoms with Crippen LogP contribution in [-0.4, -0.2) is 38.3 Å². The average molecular weight is 388 g/mol. The molecule has 4 nitrogen and oxygen atoms in total. The van der Waals surface area contributed by atoms with Gasteiger partial charge in [0.05, 0.1) is 19.1 Å². The van der Waals surface area contributed by atoms with E-state index in [-0.39, 0.29) is 17.9 Å². The highest BCUT2D eigenvalue weighted by molar-refractivity contribution is 6.30. The third-order valence-electron chi connectivity index (χ3n) is 5.36. The van der Waals surface area contributed by atoms with Gasteiger partial charge in [-0.2, -0.15) is 0 Å². The van der Waals surface area contributed by atoms with Crippen LogP contribution in [0.1, 0.15) is 43.7 Å². The predicted molar refractivity (Wildman–Crippen MR) is 94.4 cm³/mol. The van der Waals surface area contributed by atoms with E-state index in [0.29, 0.717) is 17.2 Å². The summed E-state index contributed by atoms with van der Waals surface area (Å²) in [6.07, 6.45) is 0.875. The van der Waals surface area contributed by atoms with E-state index in [2.05, 4.69) is 5.32 Å². The summed E-state index contributed by atoms with van der Waals surface area (Å²) in [6, 6.07) is 4.82. The Morgan fingerprint density at radius 3 is 2.69 bits per heavy atom. The normalized spacial score (nSPS) is 23.8. The summed E-state index contributed by atoms with van der Waals surface area (Å²) in [6.45, 7) is 2.12. The van der Waals surface area contributed by atoms with Crippen LogP contribution in [0.5, 0.6) is 0 Å². The van der Waals surface area contributed by atoms with E-state index in [9.17, 15) is 13.6 Å². The molecule has 0 aliphatic carbocycles. The maximum absolute atomic E-state index is 13.4. The second kappa shape index (κ2) is 8.63. The topological polar surface area (TPSA) is 47.6 Å². The lowest BCUT2D eigenvalue weighted by atomic mass is 9.75. The van der Waals surface area contributed by atoms with Gasteiger partial charge in [0, 0.05) is 18.2 Å². The van der Waals surface area contributed by atoms with Crippen molar-refractivity contribution in [2.45, 2.75) is 50.7 Å². The summed E-state index contributed by atoms with van der Waals surface area (Å²) in [4.78, 5) is 12.3. The molecule has 1 aromatic rings. The van der Waals surface area contributed by atoms with E-state index in [0.717, 1.165) is 38.9 Å². The highest BCUT2D eigenvalue weighted by Crippen LogP contribution is 2.40. The predicted octanol–water partition coefficient (Wildman–Crippen LogP) is 4.13. The monoisotopic (exact) mass is 387 g/mol. The van der Waals surface area contributed by atoms with E-state index < -0.39 is 18.4 Å². The van der Waals surface area contributed by atoms with Gasteiger partial charge in [-0.3, -0.25) is 4.79 Å². The summed E-state index contributed by atoms with van der Waals surface area (Å²) in [5.74, 6) is -0.428. The number of ether oxygens (including phenoxy) is 2. The van der Waals surface area contributed by atoms with Crippen LogP contribution in [0.4, 0.5) is 8.78 Å². The first-order valence-corrected chi connectivity index (χ1v) is 9.38. The minimum Gasteiger partial charge on any atom is -0.381 e. The molecule has 0 saturated carbocycles. The van der Waals surface area contributed by atoms with Crippen molar-refractivity contribution in [3.8, 4) is 0 Å². The van der Waals surface area contributed by atoms with Crippen molar-refractivity contribution in [1.82, 2.24) is 5.32 Å². The highest BCUT2D eigenvalue weighted by Gasteiger charge is 2.38. The van der Waals surface area contributed by atoms with Crippen LogP contribution >= 0.6 is 11.6 Å². The van der Waals surface area contributed by atoms with E-state index >= 15 is 0 Å². The second-order valence-electron chi connectivity index (χ2n) is 7.22. The Labute approximate surface area is 157 Å². The van der Waals surface area contributed by atoms with E-state index in [1.807, 2.05) is 0 Å². The van der Waals surface area contributed by atoms with Gasteiger partial charge in [-0.1, -0.05) is 23.7 Å². The second-order valence-corrected chi connectivity index (χ2v) is 7.66. The molecule has 1 amide bonds. The van der Waals surface area contributed by atoms with Crippen molar-refractivity contribution >= 4 is 17.5 Å². The van der Waals surface area contributed by atoms with Crippen LogP contribution in [-0.2, 0) is 14.3 Å². The largest absolute Gasteiger partial charge is 0.381 e. The van der Waals surface area contributed by atoms with Gasteiger partial charge in [-0.05, 0) is 48.8 Å². The number of amides is 1. The van der Waals surface area contributed by atoms with Crippen molar-refractivity contribution in [2.24, 2.45) is 5.41 Å².